The van der Waals surface area contributed by atoms with E-state index in [9.17, 15) is 13.6 Å². The van der Waals surface area contributed by atoms with Gasteiger partial charge in [0.05, 0.1) is 5.69 Å². The molecule has 2 N–H and O–H groups in total. The second kappa shape index (κ2) is 8.15. The molecule has 0 aliphatic carbocycles. The Balaban J connectivity index is 2.48. The van der Waals surface area contributed by atoms with Crippen LogP contribution in [-0.2, 0) is 17.9 Å². The number of aromatic nitrogens is 2. The lowest BCUT2D eigenvalue weighted by Gasteiger charge is -2.11. The van der Waals surface area contributed by atoms with Gasteiger partial charge in [-0.15, -0.1) is 6.58 Å². The molecule has 1 aromatic heterocycles. The van der Waals surface area contributed by atoms with Crippen LogP contribution in [0.4, 0.5) is 13.6 Å². The molecule has 1 amide bonds. The number of hydrogen-bond donors (Lipinski definition) is 1. The number of carbonyl (C=O) groups is 1. The van der Waals surface area contributed by atoms with Crippen LogP contribution in [0, 0.1) is 11.6 Å². The lowest BCUT2D eigenvalue weighted by atomic mass is 10.1. The summed E-state index contributed by atoms with van der Waals surface area (Å²) in [6.07, 6.45) is 0.760. The number of halogens is 2. The molecule has 2 aromatic rings. The molecule has 1 aromatic carbocycles. The number of nitrogens with two attached hydrogens (primary N) is 1. The van der Waals surface area contributed by atoms with Crippen molar-refractivity contribution in [3.8, 4) is 0 Å². The van der Waals surface area contributed by atoms with Gasteiger partial charge in [-0.1, -0.05) is 31.7 Å². The van der Waals surface area contributed by atoms with Crippen molar-refractivity contribution in [3.63, 3.8) is 0 Å². The minimum absolute atomic E-state index is 0.0549. The van der Waals surface area contributed by atoms with E-state index in [-0.39, 0.29) is 12.5 Å². The van der Waals surface area contributed by atoms with Gasteiger partial charge < -0.3 is 15.0 Å². The van der Waals surface area contributed by atoms with E-state index >= 15 is 0 Å². The van der Waals surface area contributed by atoms with Crippen molar-refractivity contribution in [3.05, 3.63) is 54.0 Å². The third-order valence-corrected chi connectivity index (χ3v) is 4.37. The summed E-state index contributed by atoms with van der Waals surface area (Å²) in [4.78, 5) is 15.8. The van der Waals surface area contributed by atoms with Gasteiger partial charge in [-0.2, -0.15) is 0 Å². The van der Waals surface area contributed by atoms with E-state index in [2.05, 4.69) is 11.6 Å². The second-order valence-electron chi connectivity index (χ2n) is 5.59. The van der Waals surface area contributed by atoms with E-state index in [1.165, 1.54) is 23.9 Å². The number of primary amides is 1. The topological polar surface area (TPSA) is 70.1 Å². The lowest BCUT2D eigenvalue weighted by Crippen LogP contribution is -2.15. The van der Waals surface area contributed by atoms with Crippen LogP contribution < -0.4 is 5.73 Å². The van der Waals surface area contributed by atoms with Gasteiger partial charge >= 0.3 is 6.09 Å². The van der Waals surface area contributed by atoms with E-state index in [0.29, 0.717) is 22.3 Å². The van der Waals surface area contributed by atoms with Gasteiger partial charge in [-0.25, -0.2) is 18.6 Å². The Morgan fingerprint density at radius 2 is 2.04 bits per heavy atom. The fraction of sp³-hybridized carbons (Fsp3) is 0.294. The maximum Gasteiger partial charge on any atom is 0.404 e. The van der Waals surface area contributed by atoms with E-state index in [0.717, 1.165) is 11.8 Å². The Morgan fingerprint density at radius 3 is 2.56 bits per heavy atom. The molecule has 0 atom stereocenters. The van der Waals surface area contributed by atoms with Crippen LogP contribution in [0.3, 0.4) is 0 Å². The Hall–Kier alpha value is -2.35. The molecule has 25 heavy (non-hydrogen) atoms. The van der Waals surface area contributed by atoms with Crippen molar-refractivity contribution in [1.82, 2.24) is 9.55 Å². The van der Waals surface area contributed by atoms with E-state index in [1.54, 1.807) is 10.6 Å². The predicted molar refractivity (Wildman–Crippen MR) is 91.4 cm³/mol. The molecule has 0 saturated carbocycles. The molecule has 0 saturated heterocycles. The van der Waals surface area contributed by atoms with Crippen molar-refractivity contribution >= 4 is 17.9 Å². The summed E-state index contributed by atoms with van der Waals surface area (Å²) < 4.78 is 33.6. The van der Waals surface area contributed by atoms with Gasteiger partial charge in [0, 0.05) is 17.5 Å². The Kier molecular flexibility index (Phi) is 6.19. The van der Waals surface area contributed by atoms with Crippen LogP contribution in [0.1, 0.15) is 31.3 Å². The van der Waals surface area contributed by atoms with Crippen LogP contribution in [0.5, 0.6) is 0 Å². The molecule has 0 radical (unpaired) electrons. The van der Waals surface area contributed by atoms with E-state index < -0.39 is 17.7 Å². The van der Waals surface area contributed by atoms with Gasteiger partial charge in [0.2, 0.25) is 0 Å². The average Bonchev–Trinajstić information content (AvgIpc) is 2.83. The molecular weight excluding hydrogens is 348 g/mol. The molecule has 0 aliphatic rings. The van der Waals surface area contributed by atoms with Gasteiger partial charge in [0.1, 0.15) is 22.5 Å². The zero-order valence-corrected chi connectivity index (χ0v) is 14.8. The molecule has 134 valence electrons. The van der Waals surface area contributed by atoms with Gasteiger partial charge in [-0.3, -0.25) is 0 Å². The van der Waals surface area contributed by atoms with Crippen LogP contribution >= 0.6 is 11.8 Å². The van der Waals surface area contributed by atoms with Crippen LogP contribution in [0.2, 0.25) is 0 Å². The van der Waals surface area contributed by atoms with Crippen molar-refractivity contribution in [2.75, 3.05) is 0 Å². The zero-order valence-electron chi connectivity index (χ0n) is 14.0. The van der Waals surface area contributed by atoms with Crippen molar-refractivity contribution in [2.24, 2.45) is 5.73 Å². The van der Waals surface area contributed by atoms with E-state index in [4.69, 9.17) is 10.5 Å². The highest BCUT2D eigenvalue weighted by molar-refractivity contribution is 7.99. The fourth-order valence-electron chi connectivity index (χ4n) is 2.25. The normalized spacial score (nSPS) is 10.9. The van der Waals surface area contributed by atoms with Gasteiger partial charge in [-0.05, 0) is 18.1 Å². The number of rotatable bonds is 7. The summed E-state index contributed by atoms with van der Waals surface area (Å²) in [7, 11) is 0. The Labute approximate surface area is 148 Å². The molecular formula is C17H19F2N3O2S. The van der Waals surface area contributed by atoms with Gasteiger partial charge in [0.25, 0.3) is 0 Å². The third-order valence-electron chi connectivity index (χ3n) is 3.28. The summed E-state index contributed by atoms with van der Waals surface area (Å²) in [5.41, 5.74) is 5.75. The maximum atomic E-state index is 13.5. The number of carbonyl (C=O) groups excluding carboxylic acids is 1. The second-order valence-corrected chi connectivity index (χ2v) is 6.65. The molecule has 0 fully saturated rings. The van der Waals surface area contributed by atoms with Gasteiger partial charge in [0.15, 0.2) is 6.61 Å². The number of ether oxygens (including phenoxy) is 1. The number of amides is 1. The molecule has 2 rings (SSSR count). The standard InChI is InChI=1S/C17H19F2N3O2S/c1-4-5-22-14(9-24-17(20)23)21-15(10(2)3)16(22)25-13-7-11(18)6-12(19)8-13/h4,6-8,10H,1,5,9H2,2-3H3,(H2,20,23). The first-order chi connectivity index (χ1) is 11.8. The first-order valence-corrected chi connectivity index (χ1v) is 8.39. The minimum Gasteiger partial charge on any atom is -0.442 e. The highest BCUT2D eigenvalue weighted by Crippen LogP contribution is 2.35. The zero-order chi connectivity index (χ0) is 18.6. The summed E-state index contributed by atoms with van der Waals surface area (Å²) in [5, 5.41) is 0.711. The summed E-state index contributed by atoms with van der Waals surface area (Å²) >= 11 is 1.19. The highest BCUT2D eigenvalue weighted by Gasteiger charge is 2.21. The molecule has 8 heteroatoms. The molecule has 0 unspecified atom stereocenters. The number of imidazole rings is 1. The number of benzene rings is 1. The third kappa shape index (κ3) is 4.82. The van der Waals surface area contributed by atoms with Crippen molar-refractivity contribution in [1.29, 1.82) is 0 Å². The summed E-state index contributed by atoms with van der Waals surface area (Å²) in [6, 6.07) is 3.33. The Bertz CT molecular complexity index is 770. The molecule has 1 heterocycles. The smallest absolute Gasteiger partial charge is 0.404 e. The summed E-state index contributed by atoms with van der Waals surface area (Å²) in [6.45, 7) is 7.92. The minimum atomic E-state index is -0.902. The number of allylic oxidation sites excluding steroid dienone is 1. The SMILES string of the molecule is C=CCn1c(COC(N)=O)nc(C(C)C)c1Sc1cc(F)cc(F)c1. The first-order valence-electron chi connectivity index (χ1n) is 7.58. The first kappa shape index (κ1) is 19.0. The molecule has 0 spiro atoms. The predicted octanol–water partition coefficient (Wildman–Crippen LogP) is 4.22. The van der Waals surface area contributed by atoms with E-state index in [1.807, 2.05) is 13.8 Å². The summed E-state index contributed by atoms with van der Waals surface area (Å²) in [5.74, 6) is -0.762. The average molecular weight is 367 g/mol. The lowest BCUT2D eigenvalue weighted by molar-refractivity contribution is 0.145. The van der Waals surface area contributed by atoms with Crippen LogP contribution in [-0.4, -0.2) is 15.6 Å². The number of nitrogens with zero attached hydrogens (tertiary/aromatic N) is 2. The molecule has 5 nitrogen and oxygen atoms in total. The highest BCUT2D eigenvalue weighted by atomic mass is 32.2. The molecule has 0 bridgehead atoms. The van der Waals surface area contributed by atoms with Crippen LogP contribution in [0.15, 0.2) is 40.8 Å². The largest absolute Gasteiger partial charge is 0.442 e. The number of hydrogen-bond acceptors (Lipinski definition) is 4. The van der Waals surface area contributed by atoms with Crippen LogP contribution in [0.25, 0.3) is 0 Å². The quantitative estimate of drug-likeness (QED) is 0.744. The Morgan fingerprint density at radius 1 is 1.40 bits per heavy atom. The fourth-order valence-corrected chi connectivity index (χ4v) is 3.49. The molecule has 0 aliphatic heterocycles. The monoisotopic (exact) mass is 367 g/mol. The maximum absolute atomic E-state index is 13.5. The van der Waals surface area contributed by atoms with Crippen molar-refractivity contribution in [2.45, 2.75) is 42.8 Å². The van der Waals surface area contributed by atoms with Crippen molar-refractivity contribution < 1.29 is 18.3 Å².